The summed E-state index contributed by atoms with van der Waals surface area (Å²) in [5, 5.41) is 6.67. The molecular weight excluding hydrogens is 288 g/mol. The lowest BCUT2D eigenvalue weighted by Crippen LogP contribution is -2.31. The molecule has 0 spiro atoms. The summed E-state index contributed by atoms with van der Waals surface area (Å²) in [5.74, 6) is 5.58. The van der Waals surface area contributed by atoms with Gasteiger partial charge < -0.3 is 0 Å². The number of aromatic nitrogens is 4. The first kappa shape index (κ1) is 11.7. The monoisotopic (exact) mass is 296 g/mol. The number of H-pyrrole nitrogens is 1. The number of carbonyl (C=O) groups excluding carboxylic acids is 1. The van der Waals surface area contributed by atoms with Crippen LogP contribution in [-0.4, -0.2) is 26.1 Å². The molecule has 0 bridgehead atoms. The van der Waals surface area contributed by atoms with E-state index in [1.54, 1.807) is 12.4 Å². The van der Waals surface area contributed by atoms with Gasteiger partial charge >= 0.3 is 0 Å². The Morgan fingerprint density at radius 1 is 1.53 bits per heavy atom. The van der Waals surface area contributed by atoms with Gasteiger partial charge in [-0.15, -0.1) is 0 Å². The quantitative estimate of drug-likeness (QED) is 0.425. The van der Waals surface area contributed by atoms with Crippen LogP contribution in [0.2, 0.25) is 0 Å². The van der Waals surface area contributed by atoms with E-state index in [-0.39, 0.29) is 12.3 Å². The van der Waals surface area contributed by atoms with Crippen molar-refractivity contribution in [1.82, 2.24) is 25.6 Å². The lowest BCUT2D eigenvalue weighted by atomic mass is 10.3. The van der Waals surface area contributed by atoms with Crippen molar-refractivity contribution in [1.29, 1.82) is 0 Å². The predicted molar refractivity (Wildman–Crippen MR) is 63.3 cm³/mol. The first-order chi connectivity index (χ1) is 8.19. The summed E-state index contributed by atoms with van der Waals surface area (Å²) in [6.07, 6.45) is 3.37. The molecule has 0 saturated heterocycles. The second kappa shape index (κ2) is 5.02. The van der Waals surface area contributed by atoms with Crippen LogP contribution in [0, 0.1) is 0 Å². The van der Waals surface area contributed by atoms with Crippen molar-refractivity contribution in [3.63, 3.8) is 0 Å². The normalized spacial score (nSPS) is 10.2. The molecule has 0 saturated carbocycles. The molecule has 2 aromatic rings. The number of nitrogens with two attached hydrogens (primary N) is 1. The number of halogens is 1. The van der Waals surface area contributed by atoms with Gasteiger partial charge in [-0.1, -0.05) is 0 Å². The van der Waals surface area contributed by atoms with E-state index in [0.29, 0.717) is 11.6 Å². The van der Waals surface area contributed by atoms with E-state index in [9.17, 15) is 4.79 Å². The van der Waals surface area contributed by atoms with Crippen molar-refractivity contribution in [2.75, 3.05) is 0 Å². The highest BCUT2D eigenvalue weighted by Gasteiger charge is 2.09. The van der Waals surface area contributed by atoms with Crippen LogP contribution in [0.25, 0.3) is 11.4 Å². The van der Waals surface area contributed by atoms with Crippen molar-refractivity contribution in [2.24, 2.45) is 5.84 Å². The molecule has 0 atom stereocenters. The number of rotatable bonds is 3. The number of nitrogens with zero attached hydrogens (tertiary/aromatic N) is 3. The van der Waals surface area contributed by atoms with E-state index in [4.69, 9.17) is 5.84 Å². The van der Waals surface area contributed by atoms with Gasteiger partial charge in [0.15, 0.2) is 5.82 Å². The molecule has 2 rings (SSSR count). The van der Waals surface area contributed by atoms with E-state index in [2.05, 4.69) is 36.1 Å². The molecule has 0 fully saturated rings. The molecule has 0 aliphatic carbocycles. The fourth-order valence-corrected chi connectivity index (χ4v) is 1.61. The molecule has 17 heavy (non-hydrogen) atoms. The van der Waals surface area contributed by atoms with Crippen LogP contribution in [0.4, 0.5) is 0 Å². The second-order valence-corrected chi connectivity index (χ2v) is 4.16. The number of hydrazine groups is 1. The lowest BCUT2D eigenvalue weighted by molar-refractivity contribution is -0.120. The third-order valence-electron chi connectivity index (χ3n) is 1.98. The highest BCUT2D eigenvalue weighted by Crippen LogP contribution is 2.17. The summed E-state index contributed by atoms with van der Waals surface area (Å²) in [5.41, 5.74) is 2.78. The molecule has 0 unspecified atom stereocenters. The summed E-state index contributed by atoms with van der Waals surface area (Å²) >= 11 is 3.31. The van der Waals surface area contributed by atoms with E-state index < -0.39 is 0 Å². The Morgan fingerprint density at radius 2 is 2.35 bits per heavy atom. The molecule has 2 heterocycles. The zero-order chi connectivity index (χ0) is 12.3. The second-order valence-electron chi connectivity index (χ2n) is 3.24. The van der Waals surface area contributed by atoms with Gasteiger partial charge in [0, 0.05) is 22.4 Å². The van der Waals surface area contributed by atoms with Crippen LogP contribution in [0.3, 0.4) is 0 Å². The van der Waals surface area contributed by atoms with Crippen LogP contribution < -0.4 is 11.3 Å². The highest BCUT2D eigenvalue weighted by atomic mass is 79.9. The molecule has 0 aliphatic heterocycles. The Hall–Kier alpha value is -1.80. The third-order valence-corrected chi connectivity index (χ3v) is 2.42. The van der Waals surface area contributed by atoms with Crippen LogP contribution in [-0.2, 0) is 11.2 Å². The fourth-order valence-electron chi connectivity index (χ4n) is 1.24. The zero-order valence-corrected chi connectivity index (χ0v) is 10.2. The van der Waals surface area contributed by atoms with E-state index >= 15 is 0 Å². The van der Waals surface area contributed by atoms with Crippen LogP contribution in [0.15, 0.2) is 22.9 Å². The summed E-state index contributed by atoms with van der Waals surface area (Å²) in [4.78, 5) is 19.2. The first-order valence-electron chi connectivity index (χ1n) is 4.70. The molecule has 4 N–H and O–H groups in total. The number of aromatic amines is 1. The molecule has 7 nitrogen and oxygen atoms in total. The number of nitrogens with one attached hydrogen (secondary N) is 2. The van der Waals surface area contributed by atoms with Crippen molar-refractivity contribution in [2.45, 2.75) is 6.42 Å². The number of carbonyl (C=O) groups is 1. The maximum Gasteiger partial charge on any atom is 0.241 e. The van der Waals surface area contributed by atoms with Gasteiger partial charge in [-0.3, -0.25) is 20.3 Å². The minimum absolute atomic E-state index is 0.0604. The fraction of sp³-hybridized carbons (Fsp3) is 0.111. The Labute approximate surface area is 105 Å². The number of amides is 1. The Morgan fingerprint density at radius 3 is 3.06 bits per heavy atom. The lowest BCUT2D eigenvalue weighted by Gasteiger charge is -1.95. The van der Waals surface area contributed by atoms with Gasteiger partial charge in [0.2, 0.25) is 5.91 Å². The molecule has 88 valence electrons. The zero-order valence-electron chi connectivity index (χ0n) is 8.64. The molecule has 2 aromatic heterocycles. The first-order valence-corrected chi connectivity index (χ1v) is 5.50. The minimum Gasteiger partial charge on any atom is -0.294 e. The standard InChI is InChI=1S/C9H9BrN6O/c10-6-1-5(3-12-4-6)9-13-7(15-16-9)2-8(17)14-11/h1,3-4H,2,11H2,(H,14,17)(H,13,15,16). The largest absolute Gasteiger partial charge is 0.294 e. The minimum atomic E-state index is -0.333. The van der Waals surface area contributed by atoms with Crippen molar-refractivity contribution in [3.8, 4) is 11.4 Å². The molecule has 0 aliphatic rings. The third kappa shape index (κ3) is 2.86. The molecule has 8 heteroatoms. The number of hydrogen-bond acceptors (Lipinski definition) is 5. The molecule has 1 amide bonds. The number of pyridine rings is 1. The molecular formula is C9H9BrN6O. The maximum atomic E-state index is 11.0. The maximum absolute atomic E-state index is 11.0. The van der Waals surface area contributed by atoms with Crippen LogP contribution in [0.1, 0.15) is 5.82 Å². The average Bonchev–Trinajstić information content (AvgIpc) is 2.77. The topological polar surface area (TPSA) is 110 Å². The summed E-state index contributed by atoms with van der Waals surface area (Å²) in [7, 11) is 0. The Kier molecular flexibility index (Phi) is 3.45. The van der Waals surface area contributed by atoms with Gasteiger partial charge in [-0.2, -0.15) is 5.10 Å². The van der Waals surface area contributed by atoms with Crippen LogP contribution in [0.5, 0.6) is 0 Å². The molecule has 0 aromatic carbocycles. The summed E-state index contributed by atoms with van der Waals surface area (Å²) in [6.45, 7) is 0. The van der Waals surface area contributed by atoms with Crippen molar-refractivity contribution in [3.05, 3.63) is 28.8 Å². The van der Waals surface area contributed by atoms with E-state index in [1.165, 1.54) is 0 Å². The summed E-state index contributed by atoms with van der Waals surface area (Å²) < 4.78 is 0.834. The van der Waals surface area contributed by atoms with Crippen molar-refractivity contribution < 1.29 is 4.79 Å². The van der Waals surface area contributed by atoms with Gasteiger partial charge in [0.05, 0.1) is 6.42 Å². The van der Waals surface area contributed by atoms with Gasteiger partial charge in [0.1, 0.15) is 5.82 Å². The van der Waals surface area contributed by atoms with Gasteiger partial charge in [0.25, 0.3) is 0 Å². The Balaban J connectivity index is 2.21. The molecule has 0 radical (unpaired) electrons. The Bertz CT molecular complexity index is 540. The average molecular weight is 297 g/mol. The SMILES string of the molecule is NNC(=O)Cc1nc(-c2cncc(Br)c2)n[nH]1. The smallest absolute Gasteiger partial charge is 0.241 e. The van der Waals surface area contributed by atoms with Gasteiger partial charge in [-0.05, 0) is 22.0 Å². The van der Waals surface area contributed by atoms with E-state index in [0.717, 1.165) is 10.0 Å². The van der Waals surface area contributed by atoms with Crippen LogP contribution >= 0.6 is 15.9 Å². The van der Waals surface area contributed by atoms with Gasteiger partial charge in [-0.25, -0.2) is 10.8 Å². The number of hydrogen-bond donors (Lipinski definition) is 3. The van der Waals surface area contributed by atoms with E-state index in [1.807, 2.05) is 11.5 Å². The summed E-state index contributed by atoms with van der Waals surface area (Å²) in [6, 6.07) is 1.84. The predicted octanol–water partition coefficient (Wildman–Crippen LogP) is 0.162. The highest BCUT2D eigenvalue weighted by molar-refractivity contribution is 9.10. The van der Waals surface area contributed by atoms with Crippen molar-refractivity contribution >= 4 is 21.8 Å².